The molecule has 1 aliphatic heterocycles. The number of anilines is 2. The zero-order valence-electron chi connectivity index (χ0n) is 9.57. The Morgan fingerprint density at radius 3 is 3.29 bits per heavy atom. The van der Waals surface area contributed by atoms with Crippen molar-refractivity contribution in [1.82, 2.24) is 10.2 Å². The van der Waals surface area contributed by atoms with Gasteiger partial charge in [0.2, 0.25) is 0 Å². The van der Waals surface area contributed by atoms with E-state index in [4.69, 9.17) is 5.73 Å². The van der Waals surface area contributed by atoms with E-state index in [1.54, 1.807) is 6.20 Å². The van der Waals surface area contributed by atoms with E-state index in [1.165, 1.54) is 17.9 Å². The lowest BCUT2D eigenvalue weighted by molar-refractivity contribution is 0.632. The van der Waals surface area contributed by atoms with Gasteiger partial charge in [-0.3, -0.25) is 5.10 Å². The van der Waals surface area contributed by atoms with Crippen molar-refractivity contribution in [2.45, 2.75) is 6.42 Å². The van der Waals surface area contributed by atoms with Crippen molar-refractivity contribution in [1.29, 1.82) is 0 Å². The number of nitrogens with zero attached hydrogens (tertiary/aromatic N) is 1. The van der Waals surface area contributed by atoms with Gasteiger partial charge in [0.25, 0.3) is 0 Å². The van der Waals surface area contributed by atoms with Crippen molar-refractivity contribution in [3.8, 4) is 0 Å². The predicted molar refractivity (Wildman–Crippen MR) is 74.4 cm³/mol. The minimum atomic E-state index is 0.775. The molecule has 5 heteroatoms. The molecule has 90 valence electrons. The van der Waals surface area contributed by atoms with Crippen LogP contribution in [-0.4, -0.2) is 28.2 Å². The van der Waals surface area contributed by atoms with Gasteiger partial charge >= 0.3 is 0 Å². The number of nitrogen functional groups attached to an aromatic ring is 1. The first-order valence-electron chi connectivity index (χ1n) is 5.87. The number of hydrogen-bond donors (Lipinski definition) is 3. The van der Waals surface area contributed by atoms with Gasteiger partial charge < -0.3 is 11.1 Å². The zero-order valence-corrected chi connectivity index (χ0v) is 10.4. The molecule has 0 radical (unpaired) electrons. The minimum Gasteiger partial charge on any atom is -0.397 e. The molecule has 2 heterocycles. The number of fused-ring (bicyclic) bond motifs is 1. The molecule has 2 aromatic rings. The summed E-state index contributed by atoms with van der Waals surface area (Å²) in [6, 6.07) is 4.00. The largest absolute Gasteiger partial charge is 0.397 e. The van der Waals surface area contributed by atoms with Crippen molar-refractivity contribution >= 4 is 34.0 Å². The Morgan fingerprint density at radius 2 is 2.47 bits per heavy atom. The molecule has 0 spiro atoms. The molecule has 3 rings (SSSR count). The van der Waals surface area contributed by atoms with Crippen molar-refractivity contribution in [3.63, 3.8) is 0 Å². The third-order valence-corrected chi connectivity index (χ3v) is 4.45. The lowest BCUT2D eigenvalue weighted by Crippen LogP contribution is -2.14. The Labute approximate surface area is 104 Å². The number of hydrogen-bond acceptors (Lipinski definition) is 4. The number of benzene rings is 1. The van der Waals surface area contributed by atoms with Gasteiger partial charge in [0, 0.05) is 11.9 Å². The molecule has 1 aromatic carbocycles. The molecular formula is C12H16N4S. The number of thioether (sulfide) groups is 1. The summed E-state index contributed by atoms with van der Waals surface area (Å²) < 4.78 is 0. The summed E-state index contributed by atoms with van der Waals surface area (Å²) in [5.74, 6) is 3.33. The van der Waals surface area contributed by atoms with Crippen LogP contribution in [0.25, 0.3) is 10.9 Å². The van der Waals surface area contributed by atoms with Gasteiger partial charge in [-0.25, -0.2) is 0 Å². The van der Waals surface area contributed by atoms with E-state index in [9.17, 15) is 0 Å². The van der Waals surface area contributed by atoms with E-state index in [2.05, 4.69) is 15.5 Å². The SMILES string of the molecule is Nc1cc2cn[nH]c2cc1NCC1CCSC1. The van der Waals surface area contributed by atoms with Crippen molar-refractivity contribution in [2.75, 3.05) is 29.1 Å². The summed E-state index contributed by atoms with van der Waals surface area (Å²) >= 11 is 2.04. The Balaban J connectivity index is 1.76. The van der Waals surface area contributed by atoms with Crippen LogP contribution in [0, 0.1) is 5.92 Å². The van der Waals surface area contributed by atoms with Gasteiger partial charge in [-0.15, -0.1) is 0 Å². The smallest absolute Gasteiger partial charge is 0.0672 e. The van der Waals surface area contributed by atoms with Gasteiger partial charge in [-0.2, -0.15) is 16.9 Å². The third-order valence-electron chi connectivity index (χ3n) is 3.22. The van der Waals surface area contributed by atoms with Crippen LogP contribution in [0.4, 0.5) is 11.4 Å². The molecule has 1 atom stereocenters. The third kappa shape index (κ3) is 2.20. The molecule has 1 aromatic heterocycles. The number of aromatic amines is 1. The summed E-state index contributed by atoms with van der Waals surface area (Å²) in [5, 5.41) is 11.5. The first kappa shape index (κ1) is 10.8. The second-order valence-corrected chi connectivity index (χ2v) is 5.66. The zero-order chi connectivity index (χ0) is 11.7. The molecule has 1 fully saturated rings. The number of rotatable bonds is 3. The topological polar surface area (TPSA) is 66.7 Å². The Hall–Kier alpha value is -1.36. The Kier molecular flexibility index (Phi) is 2.84. The molecule has 4 N–H and O–H groups in total. The van der Waals surface area contributed by atoms with Crippen LogP contribution in [-0.2, 0) is 0 Å². The fourth-order valence-corrected chi connectivity index (χ4v) is 3.45. The van der Waals surface area contributed by atoms with Crippen molar-refractivity contribution in [3.05, 3.63) is 18.3 Å². The van der Waals surface area contributed by atoms with Crippen LogP contribution < -0.4 is 11.1 Å². The van der Waals surface area contributed by atoms with Crippen molar-refractivity contribution < 1.29 is 0 Å². The normalized spacial score (nSPS) is 19.9. The highest BCUT2D eigenvalue weighted by Gasteiger charge is 2.15. The second kappa shape index (κ2) is 4.49. The molecule has 0 bridgehead atoms. The summed E-state index contributed by atoms with van der Waals surface area (Å²) in [4.78, 5) is 0. The second-order valence-electron chi connectivity index (χ2n) is 4.51. The number of H-pyrrole nitrogens is 1. The minimum absolute atomic E-state index is 0.775. The highest BCUT2D eigenvalue weighted by Crippen LogP contribution is 2.27. The van der Waals surface area contributed by atoms with E-state index in [-0.39, 0.29) is 0 Å². The molecule has 1 saturated heterocycles. The van der Waals surface area contributed by atoms with E-state index < -0.39 is 0 Å². The van der Waals surface area contributed by atoms with E-state index >= 15 is 0 Å². The van der Waals surface area contributed by atoms with Gasteiger partial charge in [0.05, 0.1) is 23.1 Å². The van der Waals surface area contributed by atoms with Crippen LogP contribution in [0.1, 0.15) is 6.42 Å². The quantitative estimate of drug-likeness (QED) is 0.729. The van der Waals surface area contributed by atoms with Crippen molar-refractivity contribution in [2.24, 2.45) is 5.92 Å². The van der Waals surface area contributed by atoms with E-state index in [0.717, 1.165) is 34.7 Å². The van der Waals surface area contributed by atoms with Gasteiger partial charge in [0.1, 0.15) is 0 Å². The lowest BCUT2D eigenvalue weighted by atomic mass is 10.1. The summed E-state index contributed by atoms with van der Waals surface area (Å²) in [6.07, 6.45) is 3.10. The maximum atomic E-state index is 6.02. The maximum Gasteiger partial charge on any atom is 0.0672 e. The molecule has 0 aliphatic carbocycles. The number of nitrogens with two attached hydrogens (primary N) is 1. The molecule has 17 heavy (non-hydrogen) atoms. The number of aromatic nitrogens is 2. The average molecular weight is 248 g/mol. The average Bonchev–Trinajstić information content (AvgIpc) is 2.95. The molecule has 1 unspecified atom stereocenters. The predicted octanol–water partition coefficient (Wildman–Crippen LogP) is 2.31. The van der Waals surface area contributed by atoms with Gasteiger partial charge in [-0.1, -0.05) is 0 Å². The van der Waals surface area contributed by atoms with Crippen LogP contribution in [0.3, 0.4) is 0 Å². The van der Waals surface area contributed by atoms with E-state index in [1.807, 2.05) is 23.9 Å². The first-order valence-corrected chi connectivity index (χ1v) is 7.02. The molecule has 4 nitrogen and oxygen atoms in total. The van der Waals surface area contributed by atoms with Crippen LogP contribution in [0.5, 0.6) is 0 Å². The fraction of sp³-hybridized carbons (Fsp3) is 0.417. The van der Waals surface area contributed by atoms with Gasteiger partial charge in [0.15, 0.2) is 0 Å². The van der Waals surface area contributed by atoms with Crippen LogP contribution >= 0.6 is 11.8 Å². The highest BCUT2D eigenvalue weighted by molar-refractivity contribution is 7.99. The summed E-state index contributed by atoms with van der Waals surface area (Å²) in [7, 11) is 0. The molecule has 0 amide bonds. The molecular weight excluding hydrogens is 232 g/mol. The van der Waals surface area contributed by atoms with Crippen LogP contribution in [0.15, 0.2) is 18.3 Å². The monoisotopic (exact) mass is 248 g/mol. The Morgan fingerprint density at radius 1 is 1.53 bits per heavy atom. The Bertz CT molecular complexity index is 516. The fourth-order valence-electron chi connectivity index (χ4n) is 2.16. The maximum absolute atomic E-state index is 6.02. The lowest BCUT2D eigenvalue weighted by Gasteiger charge is -2.13. The summed E-state index contributed by atoms with van der Waals surface area (Å²) in [6.45, 7) is 1.01. The standard InChI is InChI=1S/C12H16N4S/c13-10-3-9-6-15-16-11(9)4-12(10)14-5-8-1-2-17-7-8/h3-4,6,8,14H,1-2,5,7,13H2,(H,15,16). The van der Waals surface area contributed by atoms with E-state index in [0.29, 0.717) is 0 Å². The highest BCUT2D eigenvalue weighted by atomic mass is 32.2. The first-order chi connectivity index (χ1) is 8.33. The van der Waals surface area contributed by atoms with Gasteiger partial charge in [-0.05, 0) is 36.0 Å². The van der Waals surface area contributed by atoms with Crippen LogP contribution in [0.2, 0.25) is 0 Å². The number of nitrogens with one attached hydrogen (secondary N) is 2. The summed E-state index contributed by atoms with van der Waals surface area (Å²) in [5.41, 5.74) is 8.86. The molecule has 0 saturated carbocycles. The molecule has 1 aliphatic rings.